The third-order valence-electron chi connectivity index (χ3n) is 5.10. The highest BCUT2D eigenvalue weighted by atomic mass is 16.6. The van der Waals surface area contributed by atoms with Gasteiger partial charge in [-0.05, 0) is 51.3 Å². The molecule has 3 rings (SSSR count). The van der Waals surface area contributed by atoms with Crippen LogP contribution < -0.4 is 10.1 Å². The first-order valence-corrected chi connectivity index (χ1v) is 10.1. The first kappa shape index (κ1) is 21.1. The van der Waals surface area contributed by atoms with Crippen molar-refractivity contribution in [3.63, 3.8) is 0 Å². The van der Waals surface area contributed by atoms with E-state index in [0.717, 1.165) is 35.5 Å². The molecule has 0 fully saturated rings. The van der Waals surface area contributed by atoms with Crippen LogP contribution in [0.3, 0.4) is 0 Å². The summed E-state index contributed by atoms with van der Waals surface area (Å²) in [5.74, 6) is -0.0283. The molecule has 1 aliphatic heterocycles. The summed E-state index contributed by atoms with van der Waals surface area (Å²) in [6.45, 7) is 6.29. The lowest BCUT2D eigenvalue weighted by atomic mass is 9.75. The summed E-state index contributed by atoms with van der Waals surface area (Å²) < 4.78 is 16.1. The SMILES string of the molecule is COCCOC(=O)C1=C(C)NC2=C(C(=O)CCC2)[C@@H]1c1ccc(OC(C)C)cc1. The Balaban J connectivity index is 2.00. The van der Waals surface area contributed by atoms with Gasteiger partial charge in [-0.2, -0.15) is 0 Å². The maximum atomic E-state index is 12.9. The number of ketones is 1. The fraction of sp³-hybridized carbons (Fsp3) is 0.478. The van der Waals surface area contributed by atoms with Gasteiger partial charge in [0.25, 0.3) is 0 Å². The normalized spacial score (nSPS) is 19.2. The van der Waals surface area contributed by atoms with Crippen LogP contribution >= 0.6 is 0 Å². The fourth-order valence-electron chi connectivity index (χ4n) is 3.89. The number of ether oxygens (including phenoxy) is 3. The molecule has 0 unspecified atom stereocenters. The summed E-state index contributed by atoms with van der Waals surface area (Å²) in [7, 11) is 1.56. The van der Waals surface area contributed by atoms with E-state index in [2.05, 4.69) is 5.32 Å². The molecule has 6 nitrogen and oxygen atoms in total. The van der Waals surface area contributed by atoms with Crippen LogP contribution in [0.25, 0.3) is 0 Å². The lowest BCUT2D eigenvalue weighted by molar-refractivity contribution is -0.140. The van der Waals surface area contributed by atoms with Crippen LogP contribution in [0, 0.1) is 0 Å². The van der Waals surface area contributed by atoms with Crippen LogP contribution in [0.4, 0.5) is 0 Å². The molecule has 1 N–H and O–H groups in total. The smallest absolute Gasteiger partial charge is 0.336 e. The summed E-state index contributed by atoms with van der Waals surface area (Å²) in [6.07, 6.45) is 2.19. The number of hydrogen-bond acceptors (Lipinski definition) is 6. The summed E-state index contributed by atoms with van der Waals surface area (Å²) in [6, 6.07) is 7.62. The standard InChI is InChI=1S/C23H29NO5/c1-14(2)29-17-10-8-16(9-11-17)21-20(23(26)28-13-12-27-4)15(3)24-18-6-5-7-19(25)22(18)21/h8-11,14,21,24H,5-7,12-13H2,1-4H3/t21-/m1/s1. The number of nitrogens with one attached hydrogen (secondary N) is 1. The molecular formula is C23H29NO5. The Hall–Kier alpha value is -2.60. The first-order valence-electron chi connectivity index (χ1n) is 10.1. The van der Waals surface area contributed by atoms with Gasteiger partial charge in [-0.1, -0.05) is 12.1 Å². The van der Waals surface area contributed by atoms with Gasteiger partial charge < -0.3 is 19.5 Å². The maximum Gasteiger partial charge on any atom is 0.336 e. The number of Topliss-reactive ketones (excluding diaryl/α,β-unsaturated/α-hetero) is 1. The number of methoxy groups -OCH3 is 1. The quantitative estimate of drug-likeness (QED) is 0.558. The van der Waals surface area contributed by atoms with E-state index in [9.17, 15) is 9.59 Å². The monoisotopic (exact) mass is 399 g/mol. The molecule has 1 aromatic rings. The molecular weight excluding hydrogens is 370 g/mol. The Morgan fingerprint density at radius 2 is 1.90 bits per heavy atom. The average Bonchev–Trinajstić information content (AvgIpc) is 2.67. The van der Waals surface area contributed by atoms with Crippen molar-refractivity contribution in [3.05, 3.63) is 52.4 Å². The van der Waals surface area contributed by atoms with E-state index in [4.69, 9.17) is 14.2 Å². The Morgan fingerprint density at radius 1 is 1.17 bits per heavy atom. The van der Waals surface area contributed by atoms with Gasteiger partial charge in [-0.25, -0.2) is 4.79 Å². The van der Waals surface area contributed by atoms with Crippen molar-refractivity contribution in [1.29, 1.82) is 0 Å². The van der Waals surface area contributed by atoms with Crippen LogP contribution in [-0.4, -0.2) is 38.2 Å². The second-order valence-electron chi connectivity index (χ2n) is 7.63. The van der Waals surface area contributed by atoms with Gasteiger partial charge >= 0.3 is 5.97 Å². The summed E-state index contributed by atoms with van der Waals surface area (Å²) in [4.78, 5) is 25.8. The van der Waals surface area contributed by atoms with E-state index in [1.807, 2.05) is 45.0 Å². The largest absolute Gasteiger partial charge is 0.491 e. The number of benzene rings is 1. The zero-order chi connectivity index (χ0) is 21.0. The minimum atomic E-state index is -0.442. The van der Waals surface area contributed by atoms with Crippen LogP contribution in [0.1, 0.15) is 51.5 Å². The van der Waals surface area contributed by atoms with E-state index in [1.54, 1.807) is 7.11 Å². The molecule has 6 heteroatoms. The van der Waals surface area contributed by atoms with E-state index < -0.39 is 11.9 Å². The van der Waals surface area contributed by atoms with Crippen LogP contribution in [0.5, 0.6) is 5.75 Å². The lowest BCUT2D eigenvalue weighted by Crippen LogP contribution is -2.34. The minimum absolute atomic E-state index is 0.0717. The van der Waals surface area contributed by atoms with Crippen molar-refractivity contribution in [2.75, 3.05) is 20.3 Å². The predicted molar refractivity (Wildman–Crippen MR) is 110 cm³/mol. The number of rotatable bonds is 7. The topological polar surface area (TPSA) is 73.9 Å². The Bertz CT molecular complexity index is 835. The number of esters is 1. The van der Waals surface area contributed by atoms with Crippen molar-refractivity contribution in [1.82, 2.24) is 5.32 Å². The Morgan fingerprint density at radius 3 is 2.55 bits per heavy atom. The second kappa shape index (κ2) is 9.27. The van der Waals surface area contributed by atoms with E-state index in [0.29, 0.717) is 24.2 Å². The zero-order valence-electron chi connectivity index (χ0n) is 17.5. The molecule has 0 aromatic heterocycles. The van der Waals surface area contributed by atoms with Crippen molar-refractivity contribution in [3.8, 4) is 5.75 Å². The average molecular weight is 399 g/mol. The van der Waals surface area contributed by atoms with Gasteiger partial charge in [0.2, 0.25) is 0 Å². The molecule has 0 radical (unpaired) electrons. The lowest BCUT2D eigenvalue weighted by Gasteiger charge is -2.34. The van der Waals surface area contributed by atoms with Gasteiger partial charge in [0, 0.05) is 36.4 Å². The van der Waals surface area contributed by atoms with Crippen LogP contribution in [0.15, 0.2) is 46.8 Å². The Kier molecular flexibility index (Phi) is 6.75. The second-order valence-corrected chi connectivity index (χ2v) is 7.63. The van der Waals surface area contributed by atoms with Crippen molar-refractivity contribution < 1.29 is 23.8 Å². The van der Waals surface area contributed by atoms with E-state index in [-0.39, 0.29) is 18.5 Å². The molecule has 0 saturated carbocycles. The molecule has 1 atom stereocenters. The number of allylic oxidation sites excluding steroid dienone is 3. The van der Waals surface area contributed by atoms with Gasteiger partial charge in [-0.15, -0.1) is 0 Å². The zero-order valence-corrected chi connectivity index (χ0v) is 17.5. The number of carbonyl (C=O) groups is 2. The summed E-state index contributed by atoms with van der Waals surface area (Å²) >= 11 is 0. The minimum Gasteiger partial charge on any atom is -0.491 e. The molecule has 156 valence electrons. The molecule has 1 heterocycles. The molecule has 0 amide bonds. The molecule has 1 aromatic carbocycles. The van der Waals surface area contributed by atoms with Crippen molar-refractivity contribution >= 4 is 11.8 Å². The molecule has 0 bridgehead atoms. The summed E-state index contributed by atoms with van der Waals surface area (Å²) in [5.41, 5.74) is 3.68. The van der Waals surface area contributed by atoms with Crippen molar-refractivity contribution in [2.24, 2.45) is 0 Å². The number of dihydropyridines is 1. The van der Waals surface area contributed by atoms with Gasteiger partial charge in [0.15, 0.2) is 5.78 Å². The van der Waals surface area contributed by atoms with Crippen LogP contribution in [-0.2, 0) is 19.1 Å². The fourth-order valence-corrected chi connectivity index (χ4v) is 3.89. The molecule has 2 aliphatic rings. The Labute approximate surface area is 171 Å². The maximum absolute atomic E-state index is 12.9. The third-order valence-corrected chi connectivity index (χ3v) is 5.10. The number of carbonyl (C=O) groups excluding carboxylic acids is 2. The van der Waals surface area contributed by atoms with Gasteiger partial charge in [0.05, 0.1) is 18.3 Å². The predicted octanol–water partition coefficient (Wildman–Crippen LogP) is 3.63. The third kappa shape index (κ3) is 4.70. The highest BCUT2D eigenvalue weighted by Crippen LogP contribution is 2.42. The highest BCUT2D eigenvalue weighted by molar-refractivity contribution is 6.03. The van der Waals surface area contributed by atoms with E-state index in [1.165, 1.54) is 0 Å². The van der Waals surface area contributed by atoms with Gasteiger partial charge in [-0.3, -0.25) is 4.79 Å². The molecule has 0 spiro atoms. The molecule has 0 saturated heterocycles. The number of hydrogen-bond donors (Lipinski definition) is 1. The van der Waals surface area contributed by atoms with Gasteiger partial charge in [0.1, 0.15) is 12.4 Å². The molecule has 29 heavy (non-hydrogen) atoms. The summed E-state index contributed by atoms with van der Waals surface area (Å²) in [5, 5.41) is 3.29. The van der Waals surface area contributed by atoms with Crippen molar-refractivity contribution in [2.45, 2.75) is 52.1 Å². The highest BCUT2D eigenvalue weighted by Gasteiger charge is 2.39. The first-order chi connectivity index (χ1) is 13.9. The van der Waals surface area contributed by atoms with Crippen LogP contribution in [0.2, 0.25) is 0 Å². The molecule has 1 aliphatic carbocycles. The van der Waals surface area contributed by atoms with E-state index >= 15 is 0 Å².